The molecule has 1 amide bonds. The molecule has 2 aliphatic heterocycles. The van der Waals surface area contributed by atoms with Gasteiger partial charge in [-0.1, -0.05) is 0 Å². The normalized spacial score (nSPS) is 17.1. The van der Waals surface area contributed by atoms with Gasteiger partial charge in [-0.05, 0) is 43.2 Å². The highest BCUT2D eigenvalue weighted by Gasteiger charge is 2.35. The SMILES string of the molecule is COC(=O)CN1CCN(CCOc2ccc(NC(=O)C3CCN(c4ccc(C#N)c(C(F)(F)F)c4)CC3)nc2)CC1. The van der Waals surface area contributed by atoms with Crippen LogP contribution in [0, 0.1) is 17.2 Å². The number of piperazine rings is 1. The smallest absolute Gasteiger partial charge is 0.417 e. The fourth-order valence-corrected chi connectivity index (χ4v) is 4.94. The first kappa shape index (κ1) is 30.1. The van der Waals surface area contributed by atoms with Crippen molar-refractivity contribution in [3.8, 4) is 11.8 Å². The average molecular weight is 575 g/mol. The minimum atomic E-state index is -4.61. The molecule has 1 aromatic heterocycles. The number of anilines is 2. The monoisotopic (exact) mass is 574 g/mol. The maximum Gasteiger partial charge on any atom is 0.417 e. The van der Waals surface area contributed by atoms with E-state index in [1.165, 1.54) is 19.2 Å². The van der Waals surface area contributed by atoms with Crippen LogP contribution in [0.1, 0.15) is 24.0 Å². The maximum atomic E-state index is 13.3. The number of nitrogens with zero attached hydrogens (tertiary/aromatic N) is 5. The Hall–Kier alpha value is -3.89. The molecule has 13 heteroatoms. The minimum absolute atomic E-state index is 0.187. The number of carbonyl (C=O) groups excluding carboxylic acids is 2. The Morgan fingerprint density at radius 1 is 1.07 bits per heavy atom. The molecule has 1 aromatic carbocycles. The molecule has 41 heavy (non-hydrogen) atoms. The number of hydrogen-bond acceptors (Lipinski definition) is 9. The van der Waals surface area contributed by atoms with Crippen molar-refractivity contribution in [1.29, 1.82) is 5.26 Å². The third-order valence-electron chi connectivity index (χ3n) is 7.37. The molecule has 0 unspecified atom stereocenters. The molecule has 0 radical (unpaired) electrons. The lowest BCUT2D eigenvalue weighted by atomic mass is 9.95. The van der Waals surface area contributed by atoms with Gasteiger partial charge < -0.3 is 19.7 Å². The van der Waals surface area contributed by atoms with Gasteiger partial charge in [0, 0.05) is 57.4 Å². The zero-order valence-electron chi connectivity index (χ0n) is 22.8. The highest BCUT2D eigenvalue weighted by Crippen LogP contribution is 2.35. The fourth-order valence-electron chi connectivity index (χ4n) is 4.94. The molecule has 1 N–H and O–H groups in total. The Morgan fingerprint density at radius 2 is 1.78 bits per heavy atom. The van der Waals surface area contributed by atoms with Crippen molar-refractivity contribution in [3.05, 3.63) is 47.7 Å². The Bertz CT molecular complexity index is 1230. The highest BCUT2D eigenvalue weighted by atomic mass is 19.4. The molecule has 0 saturated carbocycles. The van der Waals surface area contributed by atoms with Gasteiger partial charge in [-0.3, -0.25) is 19.4 Å². The summed E-state index contributed by atoms with van der Waals surface area (Å²) in [5, 5.41) is 11.8. The Balaban J connectivity index is 1.18. The first-order chi connectivity index (χ1) is 19.7. The third-order valence-corrected chi connectivity index (χ3v) is 7.37. The van der Waals surface area contributed by atoms with Crippen molar-refractivity contribution in [3.63, 3.8) is 0 Å². The lowest BCUT2D eigenvalue weighted by Crippen LogP contribution is -2.48. The van der Waals surface area contributed by atoms with Crippen molar-refractivity contribution in [2.45, 2.75) is 19.0 Å². The van der Waals surface area contributed by atoms with Crippen LogP contribution in [0.15, 0.2) is 36.5 Å². The summed E-state index contributed by atoms with van der Waals surface area (Å²) < 4.78 is 50.5. The van der Waals surface area contributed by atoms with E-state index in [0.717, 1.165) is 38.8 Å². The predicted octanol–water partition coefficient (Wildman–Crippen LogP) is 3.00. The summed E-state index contributed by atoms with van der Waals surface area (Å²) in [6, 6.07) is 8.70. The summed E-state index contributed by atoms with van der Waals surface area (Å²) >= 11 is 0. The topological polar surface area (TPSA) is 111 Å². The number of halogens is 3. The number of methoxy groups -OCH3 is 1. The second-order valence-electron chi connectivity index (χ2n) is 10.0. The second-order valence-corrected chi connectivity index (χ2v) is 10.0. The van der Waals surface area contributed by atoms with Crippen LogP contribution >= 0.6 is 0 Å². The molecular weight excluding hydrogens is 541 g/mol. The van der Waals surface area contributed by atoms with E-state index in [9.17, 15) is 22.8 Å². The number of pyridine rings is 1. The zero-order chi connectivity index (χ0) is 29.4. The van der Waals surface area contributed by atoms with Gasteiger partial charge >= 0.3 is 12.1 Å². The summed E-state index contributed by atoms with van der Waals surface area (Å²) in [4.78, 5) is 34.6. The van der Waals surface area contributed by atoms with Gasteiger partial charge in [0.25, 0.3) is 0 Å². The van der Waals surface area contributed by atoms with Crippen molar-refractivity contribution < 1.29 is 32.2 Å². The summed E-state index contributed by atoms with van der Waals surface area (Å²) in [5.74, 6) is 0.269. The van der Waals surface area contributed by atoms with E-state index in [2.05, 4.69) is 20.1 Å². The maximum absolute atomic E-state index is 13.3. The molecule has 4 rings (SSSR count). The molecule has 0 atom stereocenters. The molecule has 2 saturated heterocycles. The lowest BCUT2D eigenvalue weighted by molar-refractivity contribution is -0.142. The van der Waals surface area contributed by atoms with Gasteiger partial charge in [0.05, 0.1) is 37.0 Å². The van der Waals surface area contributed by atoms with Gasteiger partial charge in [-0.25, -0.2) is 4.98 Å². The molecule has 2 aliphatic rings. The Labute approximate surface area is 236 Å². The van der Waals surface area contributed by atoms with Crippen LogP contribution in [0.2, 0.25) is 0 Å². The van der Waals surface area contributed by atoms with Crippen LogP contribution in [-0.4, -0.2) is 92.7 Å². The molecule has 220 valence electrons. The second kappa shape index (κ2) is 13.6. The number of amides is 1. The standard InChI is InChI=1S/C28H33F3N6O4/c1-40-26(38)19-36-12-10-35(11-13-36)14-15-41-23-4-5-25(33-18-23)34-27(39)20-6-8-37(9-7-20)22-3-2-21(17-32)24(16-22)28(29,30)31/h2-5,16,18,20H,6-15,19H2,1H3,(H,33,34,39). The van der Waals surface area contributed by atoms with E-state index in [-0.39, 0.29) is 17.8 Å². The van der Waals surface area contributed by atoms with E-state index < -0.39 is 17.3 Å². The third kappa shape index (κ3) is 8.31. The summed E-state index contributed by atoms with van der Waals surface area (Å²) in [6.45, 7) is 5.62. The largest absolute Gasteiger partial charge is 0.491 e. The van der Waals surface area contributed by atoms with Crippen LogP contribution < -0.4 is 15.0 Å². The van der Waals surface area contributed by atoms with Crippen LogP contribution in [0.3, 0.4) is 0 Å². The van der Waals surface area contributed by atoms with Gasteiger partial charge in [-0.2, -0.15) is 18.4 Å². The Morgan fingerprint density at radius 3 is 2.39 bits per heavy atom. The molecule has 2 aromatic rings. The van der Waals surface area contributed by atoms with E-state index in [0.29, 0.717) is 56.3 Å². The predicted molar refractivity (Wildman–Crippen MR) is 144 cm³/mol. The number of nitriles is 1. The molecule has 0 bridgehead atoms. The first-order valence-electron chi connectivity index (χ1n) is 13.4. The van der Waals surface area contributed by atoms with Crippen LogP contribution in [-0.2, 0) is 20.5 Å². The van der Waals surface area contributed by atoms with Gasteiger partial charge in [0.1, 0.15) is 18.2 Å². The van der Waals surface area contributed by atoms with Crippen molar-refractivity contribution in [2.75, 3.05) is 76.3 Å². The number of carbonyl (C=O) groups is 2. The van der Waals surface area contributed by atoms with Crippen molar-refractivity contribution >= 4 is 23.4 Å². The molecular formula is C28H33F3N6O4. The van der Waals surface area contributed by atoms with Crippen molar-refractivity contribution in [1.82, 2.24) is 14.8 Å². The molecule has 0 aliphatic carbocycles. The first-order valence-corrected chi connectivity index (χ1v) is 13.4. The van der Waals surface area contributed by atoms with Crippen molar-refractivity contribution in [2.24, 2.45) is 5.92 Å². The van der Waals surface area contributed by atoms with Crippen LogP contribution in [0.5, 0.6) is 5.75 Å². The number of hydrogen-bond donors (Lipinski definition) is 1. The van der Waals surface area contributed by atoms with Crippen LogP contribution in [0.4, 0.5) is 24.7 Å². The number of rotatable bonds is 9. The number of ether oxygens (including phenoxy) is 2. The van der Waals surface area contributed by atoms with E-state index in [1.54, 1.807) is 29.3 Å². The van der Waals surface area contributed by atoms with Crippen LogP contribution in [0.25, 0.3) is 0 Å². The molecule has 0 spiro atoms. The zero-order valence-corrected chi connectivity index (χ0v) is 22.8. The number of benzene rings is 1. The highest BCUT2D eigenvalue weighted by molar-refractivity contribution is 5.91. The molecule has 2 fully saturated rings. The number of alkyl halides is 3. The van der Waals surface area contributed by atoms with E-state index >= 15 is 0 Å². The minimum Gasteiger partial charge on any atom is -0.491 e. The number of nitrogens with one attached hydrogen (secondary N) is 1. The Kier molecular flexibility index (Phi) is 10.0. The average Bonchev–Trinajstić information content (AvgIpc) is 2.98. The van der Waals surface area contributed by atoms with Gasteiger partial charge in [0.2, 0.25) is 5.91 Å². The molecule has 10 nitrogen and oxygen atoms in total. The summed E-state index contributed by atoms with van der Waals surface area (Å²) in [5.41, 5.74) is -0.981. The van der Waals surface area contributed by atoms with E-state index in [1.807, 2.05) is 0 Å². The lowest BCUT2D eigenvalue weighted by Gasteiger charge is -2.33. The van der Waals surface area contributed by atoms with E-state index in [4.69, 9.17) is 14.7 Å². The number of aromatic nitrogens is 1. The quantitative estimate of drug-likeness (QED) is 0.452. The number of piperidine rings is 1. The number of esters is 1. The van der Waals surface area contributed by atoms with Gasteiger partial charge in [0.15, 0.2) is 0 Å². The summed E-state index contributed by atoms with van der Waals surface area (Å²) in [7, 11) is 1.39. The molecule has 3 heterocycles. The summed E-state index contributed by atoms with van der Waals surface area (Å²) in [6.07, 6.45) is -2.11. The fraction of sp³-hybridized carbons (Fsp3) is 0.500. The van der Waals surface area contributed by atoms with Gasteiger partial charge in [-0.15, -0.1) is 0 Å².